The highest BCUT2D eigenvalue weighted by Crippen LogP contribution is 2.27. The molecule has 0 amide bonds. The molecular formula is C15H18N2O3. The van der Waals surface area contributed by atoms with Crippen LogP contribution in [0.1, 0.15) is 5.56 Å². The van der Waals surface area contributed by atoms with Crippen molar-refractivity contribution in [2.75, 3.05) is 26.6 Å². The number of pyridine rings is 1. The predicted molar refractivity (Wildman–Crippen MR) is 77.3 cm³/mol. The van der Waals surface area contributed by atoms with Gasteiger partial charge in [0.15, 0.2) is 0 Å². The van der Waals surface area contributed by atoms with Crippen molar-refractivity contribution in [3.05, 3.63) is 42.0 Å². The van der Waals surface area contributed by atoms with E-state index in [-0.39, 0.29) is 0 Å². The fourth-order valence-corrected chi connectivity index (χ4v) is 1.69. The Hall–Kier alpha value is -2.27. The lowest BCUT2D eigenvalue weighted by atomic mass is 10.1. The monoisotopic (exact) mass is 274 g/mol. The van der Waals surface area contributed by atoms with Crippen LogP contribution < -0.4 is 15.2 Å². The van der Waals surface area contributed by atoms with Crippen LogP contribution in [0.5, 0.6) is 17.5 Å². The smallest absolute Gasteiger partial charge is 0.246 e. The molecule has 0 saturated carbocycles. The average Bonchev–Trinajstić information content (AvgIpc) is 2.49. The van der Waals surface area contributed by atoms with E-state index < -0.39 is 0 Å². The Morgan fingerprint density at radius 1 is 1.05 bits per heavy atom. The summed E-state index contributed by atoms with van der Waals surface area (Å²) in [5.41, 5.74) is 7.48. The molecule has 0 aliphatic rings. The minimum atomic E-state index is 0.342. The van der Waals surface area contributed by atoms with Crippen molar-refractivity contribution in [1.29, 1.82) is 0 Å². The third-order valence-corrected chi connectivity index (χ3v) is 2.81. The van der Waals surface area contributed by atoms with Gasteiger partial charge < -0.3 is 19.9 Å². The summed E-state index contributed by atoms with van der Waals surface area (Å²) >= 11 is 0. The summed E-state index contributed by atoms with van der Waals surface area (Å²) in [7, 11) is 3.24. The molecule has 106 valence electrons. The van der Waals surface area contributed by atoms with Crippen LogP contribution in [0.3, 0.4) is 0 Å². The normalized spacial score (nSPS) is 10.3. The Labute approximate surface area is 118 Å². The molecule has 0 bridgehead atoms. The molecule has 2 N–H and O–H groups in total. The molecule has 0 fully saturated rings. The van der Waals surface area contributed by atoms with Crippen LogP contribution in [-0.2, 0) is 11.2 Å². The van der Waals surface area contributed by atoms with Gasteiger partial charge in [-0.3, -0.25) is 0 Å². The lowest BCUT2D eigenvalue weighted by Gasteiger charge is -2.09. The van der Waals surface area contributed by atoms with Gasteiger partial charge in [0.1, 0.15) is 5.75 Å². The highest BCUT2D eigenvalue weighted by atomic mass is 16.5. The third kappa shape index (κ3) is 3.61. The zero-order valence-electron chi connectivity index (χ0n) is 11.6. The number of nitrogens with zero attached hydrogens (tertiary/aromatic N) is 1. The number of hydrogen-bond acceptors (Lipinski definition) is 5. The highest BCUT2D eigenvalue weighted by Gasteiger charge is 2.06. The van der Waals surface area contributed by atoms with Gasteiger partial charge in [-0.15, -0.1) is 0 Å². The van der Waals surface area contributed by atoms with Crippen molar-refractivity contribution in [2.24, 2.45) is 0 Å². The Kier molecular flexibility index (Phi) is 4.79. The van der Waals surface area contributed by atoms with Crippen molar-refractivity contribution in [3.8, 4) is 17.5 Å². The first-order chi connectivity index (χ1) is 9.72. The van der Waals surface area contributed by atoms with Crippen LogP contribution in [-0.4, -0.2) is 25.8 Å². The molecule has 1 heterocycles. The SMILES string of the molecule is COCCc1ccc(Oc2nc(OC)ccc2N)cc1. The molecule has 5 heteroatoms. The van der Waals surface area contributed by atoms with Crippen LogP contribution in [0.25, 0.3) is 0 Å². The summed E-state index contributed by atoms with van der Waals surface area (Å²) in [6.07, 6.45) is 0.871. The van der Waals surface area contributed by atoms with E-state index in [4.69, 9.17) is 19.9 Å². The van der Waals surface area contributed by atoms with E-state index in [1.54, 1.807) is 26.4 Å². The van der Waals surface area contributed by atoms with E-state index in [1.807, 2.05) is 24.3 Å². The third-order valence-electron chi connectivity index (χ3n) is 2.81. The molecule has 0 saturated heterocycles. The zero-order chi connectivity index (χ0) is 14.4. The summed E-state index contributed by atoms with van der Waals surface area (Å²) in [5, 5.41) is 0. The summed E-state index contributed by atoms with van der Waals surface area (Å²) in [4.78, 5) is 4.17. The first-order valence-corrected chi connectivity index (χ1v) is 6.29. The zero-order valence-corrected chi connectivity index (χ0v) is 11.6. The van der Waals surface area contributed by atoms with Gasteiger partial charge in [0.25, 0.3) is 0 Å². The fraction of sp³-hybridized carbons (Fsp3) is 0.267. The van der Waals surface area contributed by atoms with Gasteiger partial charge in [-0.25, -0.2) is 0 Å². The predicted octanol–water partition coefficient (Wildman–Crippen LogP) is 2.65. The summed E-state index contributed by atoms with van der Waals surface area (Å²) in [6, 6.07) is 11.1. The highest BCUT2D eigenvalue weighted by molar-refractivity contribution is 5.51. The second-order valence-corrected chi connectivity index (χ2v) is 4.24. The lowest BCUT2D eigenvalue weighted by molar-refractivity contribution is 0.202. The van der Waals surface area contributed by atoms with Crippen LogP contribution in [0.2, 0.25) is 0 Å². The molecule has 2 rings (SSSR count). The lowest BCUT2D eigenvalue weighted by Crippen LogP contribution is -1.98. The van der Waals surface area contributed by atoms with Crippen LogP contribution in [0.4, 0.5) is 5.69 Å². The van der Waals surface area contributed by atoms with Crippen LogP contribution >= 0.6 is 0 Å². The maximum Gasteiger partial charge on any atom is 0.246 e. The second-order valence-electron chi connectivity index (χ2n) is 4.24. The number of hydrogen-bond donors (Lipinski definition) is 1. The standard InChI is InChI=1S/C15H18N2O3/c1-18-10-9-11-3-5-12(6-4-11)20-15-13(16)7-8-14(17-15)19-2/h3-8H,9-10,16H2,1-2H3. The molecular weight excluding hydrogens is 256 g/mol. The number of anilines is 1. The number of aromatic nitrogens is 1. The van der Waals surface area contributed by atoms with Crippen molar-refractivity contribution in [3.63, 3.8) is 0 Å². The van der Waals surface area contributed by atoms with Crippen molar-refractivity contribution in [1.82, 2.24) is 4.98 Å². The van der Waals surface area contributed by atoms with Gasteiger partial charge in [-0.05, 0) is 30.2 Å². The van der Waals surface area contributed by atoms with Gasteiger partial charge in [-0.2, -0.15) is 4.98 Å². The van der Waals surface area contributed by atoms with Crippen molar-refractivity contribution in [2.45, 2.75) is 6.42 Å². The van der Waals surface area contributed by atoms with Crippen molar-refractivity contribution < 1.29 is 14.2 Å². The largest absolute Gasteiger partial charge is 0.481 e. The number of benzene rings is 1. The summed E-state index contributed by atoms with van der Waals surface area (Å²) < 4.78 is 15.8. The number of methoxy groups -OCH3 is 2. The van der Waals surface area contributed by atoms with Crippen molar-refractivity contribution >= 4 is 5.69 Å². The maximum absolute atomic E-state index is 5.83. The Bertz CT molecular complexity index is 556. The van der Waals surface area contributed by atoms with E-state index in [9.17, 15) is 0 Å². The Morgan fingerprint density at radius 2 is 1.80 bits per heavy atom. The van der Waals surface area contributed by atoms with Gasteiger partial charge in [0.05, 0.1) is 19.4 Å². The topological polar surface area (TPSA) is 66.6 Å². The molecule has 0 aliphatic heterocycles. The fourth-order valence-electron chi connectivity index (χ4n) is 1.69. The summed E-state index contributed by atoms with van der Waals surface area (Å²) in [5.74, 6) is 1.48. The average molecular weight is 274 g/mol. The van der Waals surface area contributed by atoms with Crippen LogP contribution in [0.15, 0.2) is 36.4 Å². The molecule has 1 aromatic heterocycles. The number of nitrogens with two attached hydrogens (primary N) is 1. The number of nitrogen functional groups attached to an aromatic ring is 1. The first-order valence-electron chi connectivity index (χ1n) is 6.29. The van der Waals surface area contributed by atoms with E-state index in [2.05, 4.69) is 4.98 Å². The second kappa shape index (κ2) is 6.77. The van der Waals surface area contributed by atoms with Gasteiger partial charge >= 0.3 is 0 Å². The molecule has 0 radical (unpaired) electrons. The molecule has 20 heavy (non-hydrogen) atoms. The molecule has 5 nitrogen and oxygen atoms in total. The molecule has 0 aliphatic carbocycles. The molecule has 1 aromatic carbocycles. The quantitative estimate of drug-likeness (QED) is 0.877. The molecule has 2 aromatic rings. The van der Waals surface area contributed by atoms with E-state index in [1.165, 1.54) is 5.56 Å². The van der Waals surface area contributed by atoms with E-state index in [0.717, 1.165) is 6.42 Å². The Balaban J connectivity index is 2.09. The van der Waals surface area contributed by atoms with E-state index in [0.29, 0.717) is 29.8 Å². The van der Waals surface area contributed by atoms with E-state index >= 15 is 0 Å². The van der Waals surface area contributed by atoms with Gasteiger partial charge in [0, 0.05) is 13.2 Å². The number of rotatable bonds is 6. The van der Waals surface area contributed by atoms with Gasteiger partial charge in [0.2, 0.25) is 11.8 Å². The maximum atomic E-state index is 5.83. The first kappa shape index (κ1) is 14.1. The Morgan fingerprint density at radius 3 is 2.45 bits per heavy atom. The minimum Gasteiger partial charge on any atom is -0.481 e. The van der Waals surface area contributed by atoms with Crippen LogP contribution in [0, 0.1) is 0 Å². The summed E-state index contributed by atoms with van der Waals surface area (Å²) in [6.45, 7) is 0.699. The number of ether oxygens (including phenoxy) is 3. The molecule has 0 spiro atoms. The van der Waals surface area contributed by atoms with Gasteiger partial charge in [-0.1, -0.05) is 12.1 Å². The molecule has 0 atom stereocenters. The minimum absolute atomic E-state index is 0.342. The molecule has 0 unspecified atom stereocenters.